The van der Waals surface area contributed by atoms with E-state index in [4.69, 9.17) is 16.7 Å². The van der Waals surface area contributed by atoms with Crippen LogP contribution in [0.1, 0.15) is 32.0 Å². The zero-order valence-corrected chi connectivity index (χ0v) is 20.3. The molecule has 0 atom stereocenters. The van der Waals surface area contributed by atoms with E-state index in [9.17, 15) is 8.42 Å². The van der Waals surface area contributed by atoms with E-state index in [1.807, 2.05) is 75.4 Å². The Bertz CT molecular complexity index is 1180. The van der Waals surface area contributed by atoms with Crippen LogP contribution in [0.2, 0.25) is 5.02 Å². The van der Waals surface area contributed by atoms with Gasteiger partial charge in [-0.3, -0.25) is 4.68 Å². The molecule has 0 radical (unpaired) electrons. The molecular weight excluding hydrogens is 444 g/mol. The van der Waals surface area contributed by atoms with Gasteiger partial charge in [0.05, 0.1) is 22.9 Å². The smallest absolute Gasteiger partial charge is 0.246 e. The van der Waals surface area contributed by atoms with Crippen molar-refractivity contribution in [3.63, 3.8) is 0 Å². The molecule has 6 nitrogen and oxygen atoms in total. The average molecular weight is 473 g/mol. The Hall–Kier alpha value is -2.35. The number of rotatable bonds is 5. The highest BCUT2D eigenvalue weighted by molar-refractivity contribution is 7.89. The summed E-state index contributed by atoms with van der Waals surface area (Å²) in [6.45, 7) is 8.50. The third kappa shape index (κ3) is 4.70. The first-order chi connectivity index (χ1) is 15.2. The molecule has 0 N–H and O–H groups in total. The predicted molar refractivity (Wildman–Crippen MR) is 129 cm³/mol. The van der Waals surface area contributed by atoms with Gasteiger partial charge in [0.2, 0.25) is 10.0 Å². The Morgan fingerprint density at radius 3 is 2.19 bits per heavy atom. The molecule has 32 heavy (non-hydrogen) atoms. The second-order valence-corrected chi connectivity index (χ2v) is 11.4. The van der Waals surface area contributed by atoms with E-state index in [1.165, 1.54) is 0 Å². The molecule has 2 heterocycles. The second-order valence-electron chi connectivity index (χ2n) is 9.12. The van der Waals surface area contributed by atoms with Gasteiger partial charge in [0.15, 0.2) is 0 Å². The van der Waals surface area contributed by atoms with Crippen LogP contribution in [0.15, 0.2) is 65.7 Å². The van der Waals surface area contributed by atoms with Crippen molar-refractivity contribution in [2.45, 2.75) is 37.6 Å². The Morgan fingerprint density at radius 2 is 1.56 bits per heavy atom. The summed E-state index contributed by atoms with van der Waals surface area (Å²) in [5.41, 5.74) is 2.22. The van der Waals surface area contributed by atoms with Crippen LogP contribution in [-0.4, -0.2) is 48.7 Å². The maximum Gasteiger partial charge on any atom is 0.246 e. The molecule has 1 fully saturated rings. The quantitative estimate of drug-likeness (QED) is 0.552. The molecule has 0 spiro atoms. The van der Waals surface area contributed by atoms with Crippen LogP contribution in [0.25, 0.3) is 0 Å². The zero-order valence-electron chi connectivity index (χ0n) is 18.7. The van der Waals surface area contributed by atoms with Gasteiger partial charge < -0.3 is 4.90 Å². The topological polar surface area (TPSA) is 58.4 Å². The van der Waals surface area contributed by atoms with Crippen LogP contribution in [-0.2, 0) is 22.0 Å². The van der Waals surface area contributed by atoms with Crippen LogP contribution >= 0.6 is 11.6 Å². The van der Waals surface area contributed by atoms with Crippen LogP contribution < -0.4 is 4.90 Å². The minimum Gasteiger partial charge on any atom is -0.368 e. The van der Waals surface area contributed by atoms with Crippen molar-refractivity contribution < 1.29 is 8.42 Å². The third-order valence-corrected chi connectivity index (χ3v) is 7.89. The Labute approximate surface area is 195 Å². The molecule has 0 saturated carbocycles. The minimum atomic E-state index is -3.67. The number of halogens is 1. The predicted octanol–water partition coefficient (Wildman–Crippen LogP) is 4.39. The normalized spacial score (nSPS) is 15.8. The van der Waals surface area contributed by atoms with Gasteiger partial charge in [0, 0.05) is 37.8 Å². The molecule has 1 aromatic heterocycles. The van der Waals surface area contributed by atoms with Crippen molar-refractivity contribution in [3.05, 3.63) is 77.1 Å². The van der Waals surface area contributed by atoms with Crippen LogP contribution in [0.4, 0.5) is 5.69 Å². The van der Waals surface area contributed by atoms with E-state index in [0.717, 1.165) is 11.3 Å². The van der Waals surface area contributed by atoms with Crippen molar-refractivity contribution in [1.82, 2.24) is 14.1 Å². The molecule has 1 saturated heterocycles. The number of benzene rings is 2. The van der Waals surface area contributed by atoms with Crippen molar-refractivity contribution >= 4 is 27.3 Å². The summed E-state index contributed by atoms with van der Waals surface area (Å²) in [4.78, 5) is 2.44. The first-order valence-electron chi connectivity index (χ1n) is 10.8. The summed E-state index contributed by atoms with van der Waals surface area (Å²) in [6.07, 6.45) is 1.68. The summed E-state index contributed by atoms with van der Waals surface area (Å²) in [6, 6.07) is 17.6. The van der Waals surface area contributed by atoms with Crippen molar-refractivity contribution in [3.8, 4) is 0 Å². The lowest BCUT2D eigenvalue weighted by Crippen LogP contribution is -2.49. The van der Waals surface area contributed by atoms with Crippen LogP contribution in [0.3, 0.4) is 0 Å². The highest BCUT2D eigenvalue weighted by atomic mass is 35.5. The first-order valence-corrected chi connectivity index (χ1v) is 12.6. The van der Waals surface area contributed by atoms with E-state index in [-0.39, 0.29) is 0 Å². The minimum absolute atomic E-state index is 0.298. The average Bonchev–Trinajstić information content (AvgIpc) is 3.20. The first kappa shape index (κ1) is 22.8. The SMILES string of the molecule is CC(C)(C)c1nn(Cc2ccccc2)cc1S(=O)(=O)N1CCN(c2ccccc2Cl)CC1. The molecule has 0 bridgehead atoms. The number of para-hydroxylation sites is 1. The van der Waals surface area contributed by atoms with Gasteiger partial charge in [0.1, 0.15) is 4.90 Å². The molecule has 0 unspecified atom stereocenters. The Morgan fingerprint density at radius 1 is 0.938 bits per heavy atom. The standard InChI is InChI=1S/C24H29ClN4O2S/c1-24(2,3)23-22(18-28(26-23)17-19-9-5-4-6-10-19)32(30,31)29-15-13-27(14-16-29)21-12-8-7-11-20(21)25/h4-12,18H,13-17H2,1-3H3. The summed E-state index contributed by atoms with van der Waals surface area (Å²) >= 11 is 6.34. The second kappa shape index (κ2) is 8.89. The summed E-state index contributed by atoms with van der Waals surface area (Å²) in [5.74, 6) is 0. The van der Waals surface area contributed by atoms with Gasteiger partial charge in [-0.25, -0.2) is 8.42 Å². The van der Waals surface area contributed by atoms with E-state index in [0.29, 0.717) is 48.3 Å². The fraction of sp³-hybridized carbons (Fsp3) is 0.375. The number of anilines is 1. The molecule has 8 heteroatoms. The molecule has 0 amide bonds. The molecule has 170 valence electrons. The third-order valence-electron chi connectivity index (χ3n) is 5.68. The van der Waals surface area contributed by atoms with Crippen molar-refractivity contribution in [2.75, 3.05) is 31.1 Å². The monoisotopic (exact) mass is 472 g/mol. The largest absolute Gasteiger partial charge is 0.368 e. The van der Waals surface area contributed by atoms with E-state index >= 15 is 0 Å². The van der Waals surface area contributed by atoms with Gasteiger partial charge >= 0.3 is 0 Å². The van der Waals surface area contributed by atoms with Crippen LogP contribution in [0.5, 0.6) is 0 Å². The lowest BCUT2D eigenvalue weighted by atomic mass is 9.92. The molecule has 0 aliphatic carbocycles. The maximum atomic E-state index is 13.7. The number of piperazine rings is 1. The molecule has 3 aromatic rings. The number of hydrogen-bond acceptors (Lipinski definition) is 4. The molecule has 2 aromatic carbocycles. The molecule has 1 aliphatic heterocycles. The highest BCUT2D eigenvalue weighted by Crippen LogP contribution is 2.31. The fourth-order valence-electron chi connectivity index (χ4n) is 3.98. The number of nitrogens with zero attached hydrogens (tertiary/aromatic N) is 4. The Balaban J connectivity index is 1.58. The summed E-state index contributed by atoms with van der Waals surface area (Å²) in [5, 5.41) is 5.38. The lowest BCUT2D eigenvalue weighted by molar-refractivity contribution is 0.383. The van der Waals surface area contributed by atoms with Gasteiger partial charge in [0.25, 0.3) is 0 Å². The van der Waals surface area contributed by atoms with Gasteiger partial charge in [-0.1, -0.05) is 74.8 Å². The van der Waals surface area contributed by atoms with E-state index < -0.39 is 15.4 Å². The molecule has 1 aliphatic rings. The van der Waals surface area contributed by atoms with Gasteiger partial charge in [-0.05, 0) is 17.7 Å². The lowest BCUT2D eigenvalue weighted by Gasteiger charge is -2.36. The summed E-state index contributed by atoms with van der Waals surface area (Å²) in [7, 11) is -3.67. The zero-order chi connectivity index (χ0) is 22.9. The van der Waals surface area contributed by atoms with Gasteiger partial charge in [-0.2, -0.15) is 9.40 Å². The molecule has 4 rings (SSSR count). The van der Waals surface area contributed by atoms with Crippen molar-refractivity contribution in [1.29, 1.82) is 0 Å². The number of aromatic nitrogens is 2. The maximum absolute atomic E-state index is 13.7. The van der Waals surface area contributed by atoms with Crippen LogP contribution in [0, 0.1) is 0 Å². The number of sulfonamides is 1. The van der Waals surface area contributed by atoms with E-state index in [2.05, 4.69) is 4.90 Å². The number of hydrogen-bond donors (Lipinski definition) is 0. The summed E-state index contributed by atoms with van der Waals surface area (Å²) < 4.78 is 30.6. The fourth-order valence-corrected chi connectivity index (χ4v) is 6.00. The van der Waals surface area contributed by atoms with Crippen molar-refractivity contribution in [2.24, 2.45) is 0 Å². The molecular formula is C24H29ClN4O2S. The van der Waals surface area contributed by atoms with E-state index in [1.54, 1.807) is 15.2 Å². The Kier molecular flexibility index (Phi) is 6.34. The van der Waals surface area contributed by atoms with Gasteiger partial charge in [-0.15, -0.1) is 0 Å². The highest BCUT2D eigenvalue weighted by Gasteiger charge is 2.35.